The maximum Gasteiger partial charge on any atom is 0.305 e. The molecule has 5 nitrogen and oxygen atoms in total. The minimum Gasteiger partial charge on any atom is -0.496 e. The van der Waals surface area contributed by atoms with Crippen molar-refractivity contribution in [3.8, 4) is 5.75 Å². The molecule has 162 valence electrons. The third-order valence-electron chi connectivity index (χ3n) is 5.13. The summed E-state index contributed by atoms with van der Waals surface area (Å²) < 4.78 is 36.7. The topological polar surface area (TPSA) is 54.0 Å². The van der Waals surface area contributed by atoms with Crippen LogP contribution in [0, 0.1) is 5.82 Å². The highest BCUT2D eigenvalue weighted by Gasteiger charge is 2.34. The second kappa shape index (κ2) is 11.1. The number of benzene rings is 2. The predicted molar refractivity (Wildman–Crippen MR) is 111 cm³/mol. The molecule has 0 aromatic heterocycles. The van der Waals surface area contributed by atoms with Crippen LogP contribution >= 0.6 is 0 Å². The van der Waals surface area contributed by atoms with Crippen LogP contribution in [0.3, 0.4) is 0 Å². The molecule has 0 amide bonds. The Balaban J connectivity index is 1.58. The summed E-state index contributed by atoms with van der Waals surface area (Å²) in [6, 6.07) is 14.3. The van der Waals surface area contributed by atoms with Crippen molar-refractivity contribution >= 4 is 5.97 Å². The molecule has 0 aliphatic heterocycles. The number of methoxy groups -OCH3 is 1. The molecule has 0 bridgehead atoms. The van der Waals surface area contributed by atoms with Crippen LogP contribution in [0.2, 0.25) is 0 Å². The normalized spacial score (nSPS) is 19.0. The van der Waals surface area contributed by atoms with Crippen LogP contribution in [-0.2, 0) is 25.6 Å². The van der Waals surface area contributed by atoms with Crippen LogP contribution in [0.4, 0.5) is 4.39 Å². The van der Waals surface area contributed by atoms with E-state index < -0.39 is 11.9 Å². The van der Waals surface area contributed by atoms with Gasteiger partial charge in [0.15, 0.2) is 0 Å². The zero-order valence-electron chi connectivity index (χ0n) is 17.5. The van der Waals surface area contributed by atoms with Gasteiger partial charge in [0.25, 0.3) is 0 Å². The summed E-state index contributed by atoms with van der Waals surface area (Å²) in [5, 5.41) is 0. The predicted octanol–water partition coefficient (Wildman–Crippen LogP) is 4.98. The van der Waals surface area contributed by atoms with Crippen LogP contribution in [-0.4, -0.2) is 31.9 Å². The highest BCUT2D eigenvalue weighted by atomic mass is 19.1. The Bertz CT molecular complexity index is 804. The quantitative estimate of drug-likeness (QED) is 0.484. The third kappa shape index (κ3) is 6.28. The number of hydrogen-bond acceptors (Lipinski definition) is 5. The first-order valence-corrected chi connectivity index (χ1v) is 10.4. The van der Waals surface area contributed by atoms with Gasteiger partial charge < -0.3 is 18.9 Å². The van der Waals surface area contributed by atoms with Crippen LogP contribution in [0.15, 0.2) is 48.5 Å². The van der Waals surface area contributed by atoms with Crippen molar-refractivity contribution in [3.05, 3.63) is 65.5 Å². The Morgan fingerprint density at radius 2 is 1.90 bits per heavy atom. The number of hydrogen-bond donors (Lipinski definition) is 0. The van der Waals surface area contributed by atoms with E-state index in [0.717, 1.165) is 18.4 Å². The van der Waals surface area contributed by atoms with Crippen molar-refractivity contribution in [2.45, 2.75) is 57.5 Å². The molecule has 0 spiro atoms. The number of carbonyl (C=O) groups is 1. The number of halogens is 1. The zero-order chi connectivity index (χ0) is 21.3. The molecular formula is C24H29FO5. The second-order valence-corrected chi connectivity index (χ2v) is 7.46. The van der Waals surface area contributed by atoms with Gasteiger partial charge in [0, 0.05) is 24.8 Å². The van der Waals surface area contributed by atoms with Gasteiger partial charge in [0.1, 0.15) is 24.3 Å². The Morgan fingerprint density at radius 3 is 2.60 bits per heavy atom. The minimum absolute atomic E-state index is 0.0185. The summed E-state index contributed by atoms with van der Waals surface area (Å²) in [4.78, 5) is 11.8. The first kappa shape index (κ1) is 22.2. The lowest BCUT2D eigenvalue weighted by molar-refractivity contribution is -0.161. The van der Waals surface area contributed by atoms with E-state index in [4.69, 9.17) is 18.9 Å². The number of ether oxygens (including phenoxy) is 4. The summed E-state index contributed by atoms with van der Waals surface area (Å²) >= 11 is 0. The Morgan fingerprint density at radius 1 is 1.13 bits per heavy atom. The summed E-state index contributed by atoms with van der Waals surface area (Å²) in [6.07, 6.45) is 1.99. The Kier molecular flexibility index (Phi) is 8.22. The lowest BCUT2D eigenvalue weighted by Crippen LogP contribution is -2.39. The monoisotopic (exact) mass is 416 g/mol. The summed E-state index contributed by atoms with van der Waals surface area (Å²) in [6.45, 7) is 2.49. The van der Waals surface area contributed by atoms with Gasteiger partial charge in [-0.15, -0.1) is 0 Å². The van der Waals surface area contributed by atoms with E-state index in [1.165, 1.54) is 19.2 Å². The van der Waals surface area contributed by atoms with E-state index >= 15 is 0 Å². The summed E-state index contributed by atoms with van der Waals surface area (Å²) in [7, 11) is 1.52. The van der Waals surface area contributed by atoms with E-state index in [0.29, 0.717) is 30.8 Å². The Hall–Kier alpha value is -2.44. The van der Waals surface area contributed by atoms with Crippen molar-refractivity contribution in [1.82, 2.24) is 0 Å². The number of esters is 1. The zero-order valence-corrected chi connectivity index (χ0v) is 17.5. The Labute approximate surface area is 177 Å². The molecular weight excluding hydrogens is 387 g/mol. The molecule has 30 heavy (non-hydrogen) atoms. The fraction of sp³-hybridized carbons (Fsp3) is 0.458. The first-order chi connectivity index (χ1) is 14.6. The molecule has 1 saturated carbocycles. The van der Waals surface area contributed by atoms with Crippen molar-refractivity contribution in [1.29, 1.82) is 0 Å². The lowest BCUT2D eigenvalue weighted by atomic mass is 9.91. The standard InChI is InChI=1S/C24H29FO5/c1-3-7-24(26)29-16-23(21-12-18(25)10-11-22(21)27-2)30-20-13-19(14-20)28-15-17-8-5-4-6-9-17/h4-6,8-12,19-20,23H,3,7,13-16H2,1-2H3/t19-,20+,23-/m0/s1. The molecule has 0 radical (unpaired) electrons. The molecule has 2 aromatic rings. The van der Waals surface area contributed by atoms with Crippen LogP contribution < -0.4 is 4.74 Å². The van der Waals surface area contributed by atoms with E-state index in [-0.39, 0.29) is 24.8 Å². The SMILES string of the molecule is CCCC(=O)OC[C@H](O[C@H]1C[C@@H](OCc2ccccc2)C1)c1cc(F)ccc1OC. The van der Waals surface area contributed by atoms with Gasteiger partial charge in [-0.2, -0.15) is 0 Å². The third-order valence-corrected chi connectivity index (χ3v) is 5.13. The molecule has 1 atom stereocenters. The maximum atomic E-state index is 13.9. The van der Waals surface area contributed by atoms with Crippen LogP contribution in [0.1, 0.15) is 49.8 Å². The van der Waals surface area contributed by atoms with Crippen molar-refractivity contribution in [2.24, 2.45) is 0 Å². The molecule has 1 fully saturated rings. The van der Waals surface area contributed by atoms with Crippen molar-refractivity contribution < 1.29 is 28.1 Å². The largest absolute Gasteiger partial charge is 0.496 e. The molecule has 3 rings (SSSR count). The fourth-order valence-corrected chi connectivity index (χ4v) is 3.39. The number of rotatable bonds is 11. The van der Waals surface area contributed by atoms with E-state index in [9.17, 15) is 9.18 Å². The molecule has 0 N–H and O–H groups in total. The molecule has 1 aliphatic carbocycles. The lowest BCUT2D eigenvalue weighted by Gasteiger charge is -2.37. The van der Waals surface area contributed by atoms with Gasteiger partial charge >= 0.3 is 5.97 Å². The first-order valence-electron chi connectivity index (χ1n) is 10.4. The number of carbonyl (C=O) groups excluding carboxylic acids is 1. The van der Waals surface area contributed by atoms with E-state index in [1.54, 1.807) is 6.07 Å². The fourth-order valence-electron chi connectivity index (χ4n) is 3.39. The smallest absolute Gasteiger partial charge is 0.305 e. The average molecular weight is 416 g/mol. The molecule has 0 unspecified atom stereocenters. The average Bonchev–Trinajstić information content (AvgIpc) is 2.72. The van der Waals surface area contributed by atoms with E-state index in [1.807, 2.05) is 37.3 Å². The summed E-state index contributed by atoms with van der Waals surface area (Å²) in [5.74, 6) is -0.180. The van der Waals surface area contributed by atoms with Crippen LogP contribution in [0.5, 0.6) is 5.75 Å². The van der Waals surface area contributed by atoms with Gasteiger partial charge in [0.2, 0.25) is 0 Å². The maximum absolute atomic E-state index is 13.9. The molecule has 6 heteroatoms. The molecule has 2 aromatic carbocycles. The van der Waals surface area contributed by atoms with Gasteiger partial charge in [-0.05, 0) is 30.2 Å². The van der Waals surface area contributed by atoms with Gasteiger partial charge in [-0.3, -0.25) is 4.79 Å². The van der Waals surface area contributed by atoms with Crippen LogP contribution in [0.25, 0.3) is 0 Å². The molecule has 0 heterocycles. The van der Waals surface area contributed by atoms with Gasteiger partial charge in [-0.25, -0.2) is 4.39 Å². The minimum atomic E-state index is -0.600. The highest BCUT2D eigenvalue weighted by molar-refractivity contribution is 5.69. The molecule has 0 saturated heterocycles. The summed E-state index contributed by atoms with van der Waals surface area (Å²) in [5.41, 5.74) is 1.67. The molecule has 1 aliphatic rings. The van der Waals surface area contributed by atoms with Gasteiger partial charge in [0.05, 0.1) is 25.9 Å². The second-order valence-electron chi connectivity index (χ2n) is 7.46. The highest BCUT2D eigenvalue weighted by Crippen LogP contribution is 2.35. The van der Waals surface area contributed by atoms with Gasteiger partial charge in [-0.1, -0.05) is 37.3 Å². The van der Waals surface area contributed by atoms with Crippen molar-refractivity contribution in [2.75, 3.05) is 13.7 Å². The van der Waals surface area contributed by atoms with E-state index in [2.05, 4.69) is 0 Å². The van der Waals surface area contributed by atoms with Crippen molar-refractivity contribution in [3.63, 3.8) is 0 Å².